The summed E-state index contributed by atoms with van der Waals surface area (Å²) in [5.74, 6) is 0.308. The summed E-state index contributed by atoms with van der Waals surface area (Å²) >= 11 is 12.0. The molecule has 18 heavy (non-hydrogen) atoms. The molecular formula is C11H7Cl2N5. The molecule has 1 aliphatic rings. The standard InChI is InChI=1S/C11H7Cl2N5/c12-6-2-1-3-7(13)10(6)18-11-16-8(4-14)9(5-15)17-11/h1-3,8-9H,(H2,16,17,18). The molecule has 0 radical (unpaired) electrons. The van der Waals surface area contributed by atoms with E-state index in [9.17, 15) is 0 Å². The monoisotopic (exact) mass is 279 g/mol. The number of guanidine groups is 1. The first-order chi connectivity index (χ1) is 8.65. The summed E-state index contributed by atoms with van der Waals surface area (Å²) in [6, 6.07) is 7.55. The first kappa shape index (κ1) is 12.5. The smallest absolute Gasteiger partial charge is 0.198 e. The largest absolute Gasteiger partial charge is 0.338 e. The molecule has 0 saturated heterocycles. The SMILES string of the molecule is N#CC1N=C(Nc2c(Cl)cccc2Cl)NC1C#N. The van der Waals surface area contributed by atoms with E-state index in [1.807, 2.05) is 12.1 Å². The lowest BCUT2D eigenvalue weighted by Gasteiger charge is -2.10. The van der Waals surface area contributed by atoms with Crippen LogP contribution in [0.2, 0.25) is 10.0 Å². The Morgan fingerprint density at radius 2 is 1.89 bits per heavy atom. The molecule has 2 atom stereocenters. The van der Waals surface area contributed by atoms with Crippen molar-refractivity contribution in [3.05, 3.63) is 28.2 Å². The van der Waals surface area contributed by atoms with E-state index in [-0.39, 0.29) is 0 Å². The number of rotatable bonds is 1. The molecule has 1 heterocycles. The van der Waals surface area contributed by atoms with Gasteiger partial charge < -0.3 is 10.6 Å². The Balaban J connectivity index is 2.22. The van der Waals surface area contributed by atoms with Gasteiger partial charge >= 0.3 is 0 Å². The zero-order chi connectivity index (χ0) is 13.1. The Morgan fingerprint density at radius 3 is 2.39 bits per heavy atom. The minimum atomic E-state index is -0.737. The second kappa shape index (κ2) is 5.14. The van der Waals surface area contributed by atoms with Crippen molar-refractivity contribution in [2.45, 2.75) is 12.1 Å². The fourth-order valence-corrected chi connectivity index (χ4v) is 1.98. The van der Waals surface area contributed by atoms with Crippen molar-refractivity contribution in [3.8, 4) is 12.1 Å². The molecule has 0 spiro atoms. The second-order valence-electron chi connectivity index (χ2n) is 3.52. The zero-order valence-corrected chi connectivity index (χ0v) is 10.5. The molecule has 7 heteroatoms. The first-order valence-corrected chi connectivity index (χ1v) is 5.76. The van der Waals surface area contributed by atoms with Crippen molar-refractivity contribution >= 4 is 34.8 Å². The van der Waals surface area contributed by atoms with Gasteiger partial charge in [0.25, 0.3) is 0 Å². The van der Waals surface area contributed by atoms with Gasteiger partial charge in [0.2, 0.25) is 0 Å². The topological polar surface area (TPSA) is 84.0 Å². The molecule has 0 amide bonds. The predicted molar refractivity (Wildman–Crippen MR) is 69.5 cm³/mol. The van der Waals surface area contributed by atoms with Crippen LogP contribution in [0.15, 0.2) is 23.2 Å². The fourth-order valence-electron chi connectivity index (χ4n) is 1.49. The Bertz CT molecular complexity index is 564. The Hall–Kier alpha value is -1.95. The minimum absolute atomic E-state index is 0.308. The molecule has 0 bridgehead atoms. The first-order valence-electron chi connectivity index (χ1n) is 5.00. The van der Waals surface area contributed by atoms with E-state index in [1.165, 1.54) is 0 Å². The molecule has 5 nitrogen and oxygen atoms in total. The maximum Gasteiger partial charge on any atom is 0.198 e. The number of nitrogens with zero attached hydrogens (tertiary/aromatic N) is 3. The lowest BCUT2D eigenvalue weighted by atomic mass is 10.2. The average Bonchev–Trinajstić information content (AvgIpc) is 2.76. The number of anilines is 1. The van der Waals surface area contributed by atoms with Crippen LogP contribution in [-0.2, 0) is 0 Å². The molecular weight excluding hydrogens is 273 g/mol. The second-order valence-corrected chi connectivity index (χ2v) is 4.34. The third-order valence-corrected chi connectivity index (χ3v) is 2.98. The Labute approximate surface area is 114 Å². The van der Waals surface area contributed by atoms with Crippen LogP contribution in [-0.4, -0.2) is 18.0 Å². The molecule has 0 fully saturated rings. The van der Waals surface area contributed by atoms with E-state index >= 15 is 0 Å². The van der Waals surface area contributed by atoms with Crippen LogP contribution >= 0.6 is 23.2 Å². The third-order valence-electron chi connectivity index (χ3n) is 2.35. The Morgan fingerprint density at radius 1 is 1.22 bits per heavy atom. The highest BCUT2D eigenvalue weighted by Crippen LogP contribution is 2.30. The predicted octanol–water partition coefficient (Wildman–Crippen LogP) is 2.15. The number of nitrogens with one attached hydrogen (secondary N) is 2. The van der Waals surface area contributed by atoms with E-state index in [1.54, 1.807) is 18.2 Å². The summed E-state index contributed by atoms with van der Waals surface area (Å²) in [5.41, 5.74) is 0.488. The van der Waals surface area contributed by atoms with Crippen LogP contribution < -0.4 is 10.6 Å². The molecule has 2 N–H and O–H groups in total. The van der Waals surface area contributed by atoms with Crippen molar-refractivity contribution in [3.63, 3.8) is 0 Å². The maximum atomic E-state index is 8.84. The molecule has 90 valence electrons. The third kappa shape index (κ3) is 2.33. The number of para-hydroxylation sites is 1. The van der Waals surface area contributed by atoms with E-state index in [0.717, 1.165) is 0 Å². The molecule has 0 saturated carbocycles. The van der Waals surface area contributed by atoms with Crippen LogP contribution in [0, 0.1) is 22.7 Å². The van der Waals surface area contributed by atoms with Gasteiger partial charge in [0.15, 0.2) is 18.0 Å². The van der Waals surface area contributed by atoms with Crippen LogP contribution in [0.1, 0.15) is 0 Å². The van der Waals surface area contributed by atoms with Gasteiger partial charge in [-0.1, -0.05) is 29.3 Å². The van der Waals surface area contributed by atoms with Gasteiger partial charge in [-0.2, -0.15) is 10.5 Å². The lowest BCUT2D eigenvalue weighted by molar-refractivity contribution is 0.722. The molecule has 0 aromatic heterocycles. The summed E-state index contributed by atoms with van der Waals surface area (Å²) in [6.45, 7) is 0. The summed E-state index contributed by atoms with van der Waals surface area (Å²) in [5, 5.41) is 24.2. The molecule has 2 unspecified atom stereocenters. The highest BCUT2D eigenvalue weighted by atomic mass is 35.5. The number of benzene rings is 1. The number of aliphatic imine (C=N–C) groups is 1. The Kier molecular flexibility index (Phi) is 3.57. The minimum Gasteiger partial charge on any atom is -0.338 e. The summed E-state index contributed by atoms with van der Waals surface area (Å²) < 4.78 is 0. The van der Waals surface area contributed by atoms with Gasteiger partial charge in [0.05, 0.1) is 27.9 Å². The van der Waals surface area contributed by atoms with Gasteiger partial charge in [0, 0.05) is 0 Å². The highest BCUT2D eigenvalue weighted by molar-refractivity contribution is 6.39. The highest BCUT2D eigenvalue weighted by Gasteiger charge is 2.28. The summed E-state index contributed by atoms with van der Waals surface area (Å²) in [7, 11) is 0. The van der Waals surface area contributed by atoms with Crippen molar-refractivity contribution in [1.82, 2.24) is 5.32 Å². The van der Waals surface area contributed by atoms with Gasteiger partial charge in [-0.05, 0) is 12.1 Å². The van der Waals surface area contributed by atoms with E-state index in [4.69, 9.17) is 33.7 Å². The van der Waals surface area contributed by atoms with E-state index in [0.29, 0.717) is 21.7 Å². The van der Waals surface area contributed by atoms with Crippen LogP contribution in [0.5, 0.6) is 0 Å². The quantitative estimate of drug-likeness (QED) is 0.825. The average molecular weight is 280 g/mol. The number of hydrogen-bond donors (Lipinski definition) is 2. The molecule has 0 aliphatic carbocycles. The molecule has 2 rings (SSSR count). The van der Waals surface area contributed by atoms with Gasteiger partial charge in [-0.15, -0.1) is 0 Å². The van der Waals surface area contributed by atoms with E-state index < -0.39 is 12.1 Å². The number of hydrogen-bond acceptors (Lipinski definition) is 5. The van der Waals surface area contributed by atoms with Gasteiger partial charge in [-0.3, -0.25) is 0 Å². The van der Waals surface area contributed by atoms with Gasteiger partial charge in [-0.25, -0.2) is 4.99 Å². The summed E-state index contributed by atoms with van der Waals surface area (Å²) in [4.78, 5) is 4.03. The van der Waals surface area contributed by atoms with Crippen molar-refractivity contribution in [2.75, 3.05) is 5.32 Å². The summed E-state index contributed by atoms with van der Waals surface area (Å²) in [6.07, 6.45) is 0. The number of nitriles is 2. The molecule has 1 aliphatic heterocycles. The van der Waals surface area contributed by atoms with Crippen LogP contribution in [0.4, 0.5) is 5.69 Å². The van der Waals surface area contributed by atoms with E-state index in [2.05, 4.69) is 15.6 Å². The normalized spacial score (nSPS) is 21.4. The maximum absolute atomic E-state index is 8.84. The fraction of sp³-hybridized carbons (Fsp3) is 0.182. The van der Waals surface area contributed by atoms with Crippen LogP contribution in [0.3, 0.4) is 0 Å². The number of halogens is 2. The van der Waals surface area contributed by atoms with Crippen molar-refractivity contribution in [1.29, 1.82) is 10.5 Å². The van der Waals surface area contributed by atoms with Crippen molar-refractivity contribution < 1.29 is 0 Å². The van der Waals surface area contributed by atoms with Gasteiger partial charge in [0.1, 0.15) is 0 Å². The zero-order valence-electron chi connectivity index (χ0n) is 8.98. The lowest BCUT2D eigenvalue weighted by Crippen LogP contribution is -2.35. The van der Waals surface area contributed by atoms with Crippen molar-refractivity contribution in [2.24, 2.45) is 4.99 Å². The van der Waals surface area contributed by atoms with Crippen LogP contribution in [0.25, 0.3) is 0 Å². The molecule has 1 aromatic rings. The molecule has 1 aromatic carbocycles.